The molecule has 3 heterocycles. The van der Waals surface area contributed by atoms with Crippen molar-refractivity contribution in [2.75, 3.05) is 27.2 Å². The van der Waals surface area contributed by atoms with E-state index >= 15 is 0 Å². The highest BCUT2D eigenvalue weighted by Gasteiger charge is 2.24. The smallest absolute Gasteiger partial charge is 0.272 e. The number of pyridine rings is 1. The molecule has 29 heavy (non-hydrogen) atoms. The third-order valence-electron chi connectivity index (χ3n) is 5.48. The molecule has 0 saturated carbocycles. The van der Waals surface area contributed by atoms with Gasteiger partial charge >= 0.3 is 0 Å². The van der Waals surface area contributed by atoms with E-state index < -0.39 is 0 Å². The van der Waals surface area contributed by atoms with Crippen LogP contribution in [0.15, 0.2) is 54.7 Å². The van der Waals surface area contributed by atoms with Crippen LogP contribution in [0.25, 0.3) is 5.65 Å². The van der Waals surface area contributed by atoms with Crippen molar-refractivity contribution in [1.29, 1.82) is 0 Å². The van der Waals surface area contributed by atoms with Crippen LogP contribution in [-0.2, 0) is 13.1 Å². The monoisotopic (exact) mass is 391 g/mol. The average molecular weight is 392 g/mol. The Hall–Kier alpha value is -2.70. The Labute approximate surface area is 172 Å². The number of hydrogen-bond donors (Lipinski definition) is 1. The van der Waals surface area contributed by atoms with E-state index in [2.05, 4.69) is 50.4 Å². The van der Waals surface area contributed by atoms with Crippen molar-refractivity contribution >= 4 is 11.6 Å². The number of fused-ring (bicyclic) bond motifs is 1. The summed E-state index contributed by atoms with van der Waals surface area (Å²) in [6.45, 7) is 3.63. The van der Waals surface area contributed by atoms with E-state index in [4.69, 9.17) is 0 Å². The topological polar surface area (TPSA) is 52.9 Å². The lowest BCUT2D eigenvalue weighted by molar-refractivity contribution is 0.0902. The molecule has 0 radical (unpaired) electrons. The van der Waals surface area contributed by atoms with Gasteiger partial charge in [0.15, 0.2) is 5.69 Å². The lowest BCUT2D eigenvalue weighted by Gasteiger charge is -2.32. The van der Waals surface area contributed by atoms with Crippen LogP contribution < -0.4 is 5.32 Å². The van der Waals surface area contributed by atoms with Crippen molar-refractivity contribution < 1.29 is 4.79 Å². The van der Waals surface area contributed by atoms with E-state index in [1.807, 2.05) is 42.9 Å². The molecule has 0 aliphatic carbocycles. The minimum Gasteiger partial charge on any atom is -0.348 e. The zero-order valence-electron chi connectivity index (χ0n) is 17.2. The Bertz CT molecular complexity index is 958. The molecule has 1 amide bonds. The average Bonchev–Trinajstić information content (AvgIpc) is 3.08. The Kier molecular flexibility index (Phi) is 5.92. The second-order valence-electron chi connectivity index (χ2n) is 8.08. The molecule has 1 fully saturated rings. The molecular formula is C23H29N5O. The first-order chi connectivity index (χ1) is 14.1. The molecule has 1 saturated heterocycles. The van der Waals surface area contributed by atoms with Crippen molar-refractivity contribution in [2.24, 2.45) is 0 Å². The van der Waals surface area contributed by atoms with Crippen LogP contribution in [0.1, 0.15) is 34.6 Å². The number of benzene rings is 1. The predicted octanol–water partition coefficient (Wildman–Crippen LogP) is 2.79. The number of hydrogen-bond acceptors (Lipinski definition) is 4. The minimum atomic E-state index is -0.0629. The summed E-state index contributed by atoms with van der Waals surface area (Å²) in [5.41, 5.74) is 3.63. The molecule has 6 nitrogen and oxygen atoms in total. The van der Waals surface area contributed by atoms with Crippen molar-refractivity contribution in [1.82, 2.24) is 24.5 Å². The minimum absolute atomic E-state index is 0.0629. The Morgan fingerprint density at radius 3 is 2.55 bits per heavy atom. The Morgan fingerprint density at radius 1 is 1.10 bits per heavy atom. The van der Waals surface area contributed by atoms with E-state index in [1.165, 1.54) is 5.56 Å². The molecule has 0 spiro atoms. The van der Waals surface area contributed by atoms with Crippen molar-refractivity contribution in [3.63, 3.8) is 0 Å². The summed E-state index contributed by atoms with van der Waals surface area (Å²) in [4.78, 5) is 22.2. The molecule has 0 unspecified atom stereocenters. The standard InChI is InChI=1S/C23H29N5O/c1-26(2)17-20-22(25-21-10-6-7-13-28(20)21)23(29)24-19-11-14-27(15-12-19)16-18-8-4-3-5-9-18/h3-10,13,19H,11-12,14-17H2,1-2H3,(H,24,29). The lowest BCUT2D eigenvalue weighted by Crippen LogP contribution is -2.44. The second-order valence-corrected chi connectivity index (χ2v) is 8.08. The summed E-state index contributed by atoms with van der Waals surface area (Å²) in [7, 11) is 4.01. The summed E-state index contributed by atoms with van der Waals surface area (Å²) in [6.07, 6.45) is 3.91. The summed E-state index contributed by atoms with van der Waals surface area (Å²) in [6, 6.07) is 16.6. The number of likely N-dealkylation sites (tertiary alicyclic amines) is 1. The van der Waals surface area contributed by atoms with Gasteiger partial charge in [-0.1, -0.05) is 36.4 Å². The highest BCUT2D eigenvalue weighted by Crippen LogP contribution is 2.17. The van der Waals surface area contributed by atoms with Crippen LogP contribution >= 0.6 is 0 Å². The van der Waals surface area contributed by atoms with Crippen LogP contribution in [0.5, 0.6) is 0 Å². The quantitative estimate of drug-likeness (QED) is 0.702. The molecular weight excluding hydrogens is 362 g/mol. The first-order valence-corrected chi connectivity index (χ1v) is 10.3. The third-order valence-corrected chi connectivity index (χ3v) is 5.48. The van der Waals surface area contributed by atoms with Gasteiger partial charge in [0.05, 0.1) is 5.69 Å². The summed E-state index contributed by atoms with van der Waals surface area (Å²) >= 11 is 0. The summed E-state index contributed by atoms with van der Waals surface area (Å²) in [5, 5.41) is 3.23. The van der Waals surface area contributed by atoms with Gasteiger partial charge in [-0.3, -0.25) is 9.69 Å². The highest BCUT2D eigenvalue weighted by atomic mass is 16.2. The fourth-order valence-electron chi connectivity index (χ4n) is 4.01. The van der Waals surface area contributed by atoms with Gasteiger partial charge in [-0.15, -0.1) is 0 Å². The molecule has 152 valence electrons. The van der Waals surface area contributed by atoms with Gasteiger partial charge in [-0.2, -0.15) is 0 Å². The van der Waals surface area contributed by atoms with E-state index in [9.17, 15) is 4.79 Å². The van der Waals surface area contributed by atoms with Crippen molar-refractivity contribution in [3.05, 3.63) is 71.7 Å². The maximum absolute atomic E-state index is 13.0. The predicted molar refractivity (Wildman–Crippen MR) is 115 cm³/mol. The third kappa shape index (κ3) is 4.66. The van der Waals surface area contributed by atoms with Crippen LogP contribution in [-0.4, -0.2) is 58.3 Å². The number of piperidine rings is 1. The number of aromatic nitrogens is 2. The summed E-state index contributed by atoms with van der Waals surface area (Å²) < 4.78 is 2.01. The molecule has 0 atom stereocenters. The van der Waals surface area contributed by atoms with Crippen LogP contribution in [0, 0.1) is 0 Å². The van der Waals surface area contributed by atoms with Crippen LogP contribution in [0.4, 0.5) is 0 Å². The second kappa shape index (κ2) is 8.76. The van der Waals surface area contributed by atoms with Gasteiger partial charge in [0.1, 0.15) is 5.65 Å². The maximum atomic E-state index is 13.0. The summed E-state index contributed by atoms with van der Waals surface area (Å²) in [5.74, 6) is -0.0629. The number of rotatable bonds is 6. The SMILES string of the molecule is CN(C)Cc1c(C(=O)NC2CCN(Cc3ccccc3)CC2)nc2ccccn12. The van der Waals surface area contributed by atoms with E-state index in [1.54, 1.807) is 0 Å². The van der Waals surface area contributed by atoms with Gasteiger partial charge in [0.2, 0.25) is 0 Å². The first kappa shape index (κ1) is 19.6. The van der Waals surface area contributed by atoms with E-state index in [0.717, 1.165) is 43.8 Å². The largest absolute Gasteiger partial charge is 0.348 e. The van der Waals surface area contributed by atoms with Crippen molar-refractivity contribution in [2.45, 2.75) is 32.0 Å². The number of carbonyl (C=O) groups excluding carboxylic acids is 1. The fraction of sp³-hybridized carbons (Fsp3) is 0.391. The van der Waals surface area contributed by atoms with Gasteiger partial charge < -0.3 is 14.6 Å². The Morgan fingerprint density at radius 2 is 1.83 bits per heavy atom. The number of nitrogens with zero attached hydrogens (tertiary/aromatic N) is 4. The van der Waals surface area contributed by atoms with Gasteiger partial charge in [-0.05, 0) is 44.6 Å². The first-order valence-electron chi connectivity index (χ1n) is 10.3. The number of carbonyl (C=O) groups is 1. The molecule has 1 aliphatic rings. The zero-order chi connectivity index (χ0) is 20.2. The van der Waals surface area contributed by atoms with Gasteiger partial charge in [0, 0.05) is 38.4 Å². The Balaban J connectivity index is 1.40. The van der Waals surface area contributed by atoms with Gasteiger partial charge in [-0.25, -0.2) is 4.98 Å². The molecule has 1 aromatic carbocycles. The number of amides is 1. The fourth-order valence-corrected chi connectivity index (χ4v) is 4.01. The van der Waals surface area contributed by atoms with Crippen LogP contribution in [0.2, 0.25) is 0 Å². The highest BCUT2D eigenvalue weighted by molar-refractivity contribution is 5.94. The van der Waals surface area contributed by atoms with E-state index in [-0.39, 0.29) is 11.9 Å². The number of nitrogens with one attached hydrogen (secondary N) is 1. The molecule has 1 aliphatic heterocycles. The van der Waals surface area contributed by atoms with Gasteiger partial charge in [0.25, 0.3) is 5.91 Å². The van der Waals surface area contributed by atoms with Crippen molar-refractivity contribution in [3.8, 4) is 0 Å². The molecule has 1 N–H and O–H groups in total. The molecule has 0 bridgehead atoms. The van der Waals surface area contributed by atoms with E-state index in [0.29, 0.717) is 12.2 Å². The normalized spacial score (nSPS) is 15.8. The molecule has 6 heteroatoms. The zero-order valence-corrected chi connectivity index (χ0v) is 17.2. The molecule has 3 aromatic rings. The van der Waals surface area contributed by atoms with Crippen LogP contribution in [0.3, 0.4) is 0 Å². The maximum Gasteiger partial charge on any atom is 0.272 e. The molecule has 4 rings (SSSR count). The molecule has 2 aromatic heterocycles. The lowest BCUT2D eigenvalue weighted by atomic mass is 10.0. The number of imidazole rings is 1.